The Balaban J connectivity index is 0.00000225. The third-order valence-electron chi connectivity index (χ3n) is 4.29. The van der Waals surface area contributed by atoms with Crippen LogP contribution in [0, 0.1) is 11.3 Å². The second-order valence-corrected chi connectivity index (χ2v) is 8.92. The van der Waals surface area contributed by atoms with Crippen LogP contribution in [0.4, 0.5) is 0 Å². The first-order valence-corrected chi connectivity index (χ1v) is 10.7. The number of nitrogens with zero attached hydrogens (tertiary/aromatic N) is 2. The Hall–Kier alpha value is -1.28. The minimum absolute atomic E-state index is 0. The second-order valence-electron chi connectivity index (χ2n) is 6.19. The molecule has 0 spiro atoms. The molecule has 0 bridgehead atoms. The summed E-state index contributed by atoms with van der Waals surface area (Å²) in [5, 5.41) is 13.1. The van der Waals surface area contributed by atoms with Gasteiger partial charge in [-0.3, -0.25) is 0 Å². The number of piperazine rings is 1. The van der Waals surface area contributed by atoms with E-state index in [1.165, 1.54) is 34.6 Å². The molecule has 2 aromatic carbocycles. The lowest BCUT2D eigenvalue weighted by Crippen LogP contribution is -2.56. The highest BCUT2D eigenvalue weighted by Crippen LogP contribution is 2.34. The molecule has 1 saturated heterocycles. The summed E-state index contributed by atoms with van der Waals surface area (Å²) in [5.41, 5.74) is 5.96. The van der Waals surface area contributed by atoms with Crippen molar-refractivity contribution in [1.29, 1.82) is 5.26 Å². The number of benzene rings is 2. The quantitative estimate of drug-likeness (QED) is 0.634. The van der Waals surface area contributed by atoms with Crippen LogP contribution >= 0.6 is 48.0 Å². The van der Waals surface area contributed by atoms with Gasteiger partial charge in [-0.25, -0.2) is 8.42 Å². The van der Waals surface area contributed by atoms with Crippen molar-refractivity contribution in [1.82, 2.24) is 9.62 Å². The summed E-state index contributed by atoms with van der Waals surface area (Å²) in [6, 6.07) is 10.4. The standard InChI is InChI=1S/C18H18Cl2N4O3S.2ClH/c19-13-6-14(20)8-16(7-13)27-17-2-1-12(9-21)5-18(17)28(25,26)24-4-3-23-11-15(24)10-22;;/h1-2,5-8,15,23H,3-4,10-11,22H2;2*1H. The van der Waals surface area contributed by atoms with Crippen molar-refractivity contribution < 1.29 is 13.2 Å². The van der Waals surface area contributed by atoms with Gasteiger partial charge in [0.25, 0.3) is 0 Å². The smallest absolute Gasteiger partial charge is 0.247 e. The van der Waals surface area contributed by atoms with Crippen molar-refractivity contribution in [3.63, 3.8) is 0 Å². The first kappa shape index (κ1) is 26.8. The van der Waals surface area contributed by atoms with Crippen molar-refractivity contribution in [2.75, 3.05) is 26.2 Å². The van der Waals surface area contributed by atoms with Crippen LogP contribution in [0.15, 0.2) is 41.3 Å². The molecular weight excluding hydrogens is 494 g/mol. The van der Waals surface area contributed by atoms with E-state index in [2.05, 4.69) is 5.32 Å². The summed E-state index contributed by atoms with van der Waals surface area (Å²) < 4.78 is 33.9. The van der Waals surface area contributed by atoms with Crippen LogP contribution in [0.3, 0.4) is 0 Å². The summed E-state index contributed by atoms with van der Waals surface area (Å²) in [6.07, 6.45) is 0. The average molecular weight is 514 g/mol. The van der Waals surface area contributed by atoms with Crippen LogP contribution in [0.1, 0.15) is 5.56 Å². The van der Waals surface area contributed by atoms with Gasteiger partial charge >= 0.3 is 0 Å². The van der Waals surface area contributed by atoms with E-state index >= 15 is 0 Å². The van der Waals surface area contributed by atoms with E-state index in [0.29, 0.717) is 23.1 Å². The normalized spacial score (nSPS) is 16.7. The largest absolute Gasteiger partial charge is 0.456 e. The van der Waals surface area contributed by atoms with Crippen LogP contribution < -0.4 is 15.8 Å². The van der Waals surface area contributed by atoms with E-state index in [0.717, 1.165) is 0 Å². The summed E-state index contributed by atoms with van der Waals surface area (Å²) in [4.78, 5) is -0.108. The second kappa shape index (κ2) is 11.4. The molecule has 1 unspecified atom stereocenters. The molecular formula is C18H20Cl4N4O3S. The van der Waals surface area contributed by atoms with Gasteiger partial charge in [-0.2, -0.15) is 9.57 Å². The molecule has 0 aliphatic carbocycles. The zero-order chi connectivity index (χ0) is 20.3. The number of ether oxygens (including phenoxy) is 1. The predicted molar refractivity (Wildman–Crippen MR) is 122 cm³/mol. The molecule has 0 aromatic heterocycles. The van der Waals surface area contributed by atoms with Crippen LogP contribution in [-0.2, 0) is 10.0 Å². The fraction of sp³-hybridized carbons (Fsp3) is 0.278. The van der Waals surface area contributed by atoms with Crippen molar-refractivity contribution in [3.05, 3.63) is 52.0 Å². The van der Waals surface area contributed by atoms with Gasteiger partial charge in [0.2, 0.25) is 10.0 Å². The number of sulfonamides is 1. The molecule has 1 heterocycles. The minimum atomic E-state index is -3.96. The lowest BCUT2D eigenvalue weighted by molar-refractivity contribution is 0.272. The Labute approximate surface area is 198 Å². The first-order chi connectivity index (χ1) is 13.3. The molecule has 30 heavy (non-hydrogen) atoms. The molecule has 3 rings (SSSR count). The molecule has 1 fully saturated rings. The fourth-order valence-corrected chi connectivity index (χ4v) is 5.25. The van der Waals surface area contributed by atoms with Crippen LogP contribution in [-0.4, -0.2) is 44.9 Å². The van der Waals surface area contributed by atoms with Gasteiger partial charge in [0.15, 0.2) is 0 Å². The zero-order valence-electron chi connectivity index (χ0n) is 15.5. The lowest BCUT2D eigenvalue weighted by Gasteiger charge is -2.34. The molecule has 2 aromatic rings. The van der Waals surface area contributed by atoms with Gasteiger partial charge < -0.3 is 15.8 Å². The van der Waals surface area contributed by atoms with Gasteiger partial charge in [0.1, 0.15) is 16.4 Å². The fourth-order valence-electron chi connectivity index (χ4n) is 2.96. The number of hydrogen-bond donors (Lipinski definition) is 2. The number of nitrogens with one attached hydrogen (secondary N) is 1. The molecule has 164 valence electrons. The molecule has 7 nitrogen and oxygen atoms in total. The highest BCUT2D eigenvalue weighted by molar-refractivity contribution is 7.89. The Morgan fingerprint density at radius 2 is 1.87 bits per heavy atom. The maximum absolute atomic E-state index is 13.4. The Kier molecular flexibility index (Phi) is 10.1. The van der Waals surface area contributed by atoms with Crippen molar-refractivity contribution >= 4 is 58.0 Å². The molecule has 3 N–H and O–H groups in total. The number of hydrogen-bond acceptors (Lipinski definition) is 6. The van der Waals surface area contributed by atoms with Crippen LogP contribution in [0.2, 0.25) is 10.0 Å². The van der Waals surface area contributed by atoms with Crippen LogP contribution in [0.25, 0.3) is 0 Å². The lowest BCUT2D eigenvalue weighted by atomic mass is 10.2. The highest BCUT2D eigenvalue weighted by atomic mass is 35.5. The summed E-state index contributed by atoms with van der Waals surface area (Å²) in [7, 11) is -3.96. The molecule has 1 aliphatic rings. The molecule has 1 aliphatic heterocycles. The van der Waals surface area contributed by atoms with Gasteiger partial charge in [-0.15, -0.1) is 24.8 Å². The average Bonchev–Trinajstić information content (AvgIpc) is 2.67. The SMILES string of the molecule is Cl.Cl.N#Cc1ccc(Oc2cc(Cl)cc(Cl)c2)c(S(=O)(=O)N2CCNCC2CN)c1. The summed E-state index contributed by atoms with van der Waals surface area (Å²) in [5.74, 6) is 0.362. The maximum atomic E-state index is 13.4. The molecule has 1 atom stereocenters. The molecule has 12 heteroatoms. The van der Waals surface area contributed by atoms with Crippen molar-refractivity contribution in [2.45, 2.75) is 10.9 Å². The van der Waals surface area contributed by atoms with Crippen molar-refractivity contribution in [3.8, 4) is 17.6 Å². The Morgan fingerprint density at radius 3 is 2.47 bits per heavy atom. The number of halogens is 4. The van der Waals surface area contributed by atoms with E-state index in [1.54, 1.807) is 6.07 Å². The molecule has 0 amide bonds. The summed E-state index contributed by atoms with van der Waals surface area (Å²) >= 11 is 12.0. The topological polar surface area (TPSA) is 108 Å². The minimum Gasteiger partial charge on any atom is -0.456 e. The highest BCUT2D eigenvalue weighted by Gasteiger charge is 2.35. The number of rotatable bonds is 5. The van der Waals surface area contributed by atoms with Gasteiger partial charge in [-0.05, 0) is 36.4 Å². The maximum Gasteiger partial charge on any atom is 0.247 e. The third kappa shape index (κ3) is 5.90. The van der Waals surface area contributed by atoms with Gasteiger partial charge in [-0.1, -0.05) is 23.2 Å². The molecule has 0 saturated carbocycles. The van der Waals surface area contributed by atoms with E-state index < -0.39 is 16.1 Å². The number of nitrogens with two attached hydrogens (primary N) is 1. The Morgan fingerprint density at radius 1 is 1.20 bits per heavy atom. The molecule has 0 radical (unpaired) electrons. The van der Waals surface area contributed by atoms with Crippen molar-refractivity contribution in [2.24, 2.45) is 5.73 Å². The van der Waals surface area contributed by atoms with Gasteiger partial charge in [0.05, 0.1) is 11.6 Å². The third-order valence-corrected chi connectivity index (χ3v) is 6.70. The Bertz CT molecular complexity index is 1010. The monoisotopic (exact) mass is 512 g/mol. The van der Waals surface area contributed by atoms with Crippen LogP contribution in [0.5, 0.6) is 11.5 Å². The van der Waals surface area contributed by atoms with E-state index in [-0.39, 0.29) is 59.9 Å². The summed E-state index contributed by atoms with van der Waals surface area (Å²) in [6.45, 7) is 1.40. The first-order valence-electron chi connectivity index (χ1n) is 8.46. The van der Waals surface area contributed by atoms with E-state index in [4.69, 9.17) is 33.7 Å². The predicted octanol–water partition coefficient (Wildman–Crippen LogP) is 3.42. The number of nitriles is 1. The van der Waals surface area contributed by atoms with E-state index in [9.17, 15) is 13.7 Å². The van der Waals surface area contributed by atoms with Gasteiger partial charge in [0, 0.05) is 42.3 Å². The zero-order valence-corrected chi connectivity index (χ0v) is 19.5. The van der Waals surface area contributed by atoms with E-state index in [1.807, 2.05) is 6.07 Å².